The van der Waals surface area contributed by atoms with E-state index in [1.54, 1.807) is 6.07 Å². The van der Waals surface area contributed by atoms with E-state index in [9.17, 15) is 9.59 Å². The number of nitriles is 1. The van der Waals surface area contributed by atoms with Crippen molar-refractivity contribution in [2.75, 3.05) is 6.54 Å². The van der Waals surface area contributed by atoms with Gasteiger partial charge in [-0.15, -0.1) is 0 Å². The minimum atomic E-state index is -0.395. The lowest BCUT2D eigenvalue weighted by atomic mass is 10.0. The third-order valence-electron chi connectivity index (χ3n) is 1.92. The van der Waals surface area contributed by atoms with Gasteiger partial charge in [0, 0.05) is 16.0 Å². The zero-order valence-electron chi connectivity index (χ0n) is 8.58. The van der Waals surface area contributed by atoms with Gasteiger partial charge in [-0.25, -0.2) is 0 Å². The molecule has 0 bridgehead atoms. The summed E-state index contributed by atoms with van der Waals surface area (Å²) in [4.78, 5) is 23.9. The van der Waals surface area contributed by atoms with E-state index in [0.717, 1.165) is 4.90 Å². The molecule has 0 aliphatic carbocycles. The first-order valence-electron chi connectivity index (χ1n) is 4.47. The number of imide groups is 1. The van der Waals surface area contributed by atoms with E-state index >= 15 is 0 Å². The second-order valence-corrected chi connectivity index (χ2v) is 6.10. The summed E-state index contributed by atoms with van der Waals surface area (Å²) in [5.41, 5.74) is 0.456. The summed E-state index contributed by atoms with van der Waals surface area (Å²) < 4.78 is -0.225. The monoisotopic (exact) mass is 270 g/mol. The van der Waals surface area contributed by atoms with E-state index in [-0.39, 0.29) is 16.8 Å². The molecule has 0 fully saturated rings. The third-order valence-corrected chi connectivity index (χ3v) is 2.20. The first-order chi connectivity index (χ1) is 6.85. The number of alkyl halides is 1. The lowest BCUT2D eigenvalue weighted by molar-refractivity contribution is -0.136. The number of halogens is 1. The van der Waals surface area contributed by atoms with Gasteiger partial charge >= 0.3 is 0 Å². The molecule has 0 aromatic rings. The maximum atomic E-state index is 11.6. The Kier molecular flexibility index (Phi) is 3.30. The van der Waals surface area contributed by atoms with Crippen LogP contribution in [-0.4, -0.2) is 27.6 Å². The molecule has 0 aromatic carbocycles. The fraction of sp³-hybridized carbons (Fsp3) is 0.500. The van der Waals surface area contributed by atoms with Crippen LogP contribution in [0, 0.1) is 11.3 Å². The molecule has 0 unspecified atom stereocenters. The lowest BCUT2D eigenvalue weighted by Gasteiger charge is -2.16. The van der Waals surface area contributed by atoms with Gasteiger partial charge in [-0.2, -0.15) is 5.26 Å². The minimum absolute atomic E-state index is 0.180. The van der Waals surface area contributed by atoms with Gasteiger partial charge in [0.1, 0.15) is 6.54 Å². The molecule has 15 heavy (non-hydrogen) atoms. The smallest absolute Gasteiger partial charge is 0.257 e. The molecule has 1 heterocycles. The highest BCUT2D eigenvalue weighted by molar-refractivity contribution is 9.10. The highest BCUT2D eigenvalue weighted by atomic mass is 79.9. The molecule has 0 atom stereocenters. The first-order valence-corrected chi connectivity index (χ1v) is 5.27. The predicted molar refractivity (Wildman–Crippen MR) is 58.0 cm³/mol. The molecule has 1 aliphatic rings. The highest BCUT2D eigenvalue weighted by Gasteiger charge is 2.32. The van der Waals surface area contributed by atoms with Crippen LogP contribution in [0.15, 0.2) is 11.6 Å². The molecule has 0 saturated heterocycles. The van der Waals surface area contributed by atoms with Gasteiger partial charge in [0.2, 0.25) is 0 Å². The Balaban J connectivity index is 2.80. The molecule has 0 spiro atoms. The largest absolute Gasteiger partial charge is 0.269 e. The van der Waals surface area contributed by atoms with Crippen LogP contribution >= 0.6 is 15.9 Å². The highest BCUT2D eigenvalue weighted by Crippen LogP contribution is 2.28. The van der Waals surface area contributed by atoms with Crippen LogP contribution in [0.2, 0.25) is 0 Å². The summed E-state index contributed by atoms with van der Waals surface area (Å²) in [6, 6.07) is 1.79. The van der Waals surface area contributed by atoms with Crippen LogP contribution in [0.5, 0.6) is 0 Å². The molecule has 4 nitrogen and oxygen atoms in total. The molecular formula is C10H11BrN2O2. The Morgan fingerprint density at radius 3 is 2.60 bits per heavy atom. The van der Waals surface area contributed by atoms with Crippen LogP contribution < -0.4 is 0 Å². The van der Waals surface area contributed by atoms with E-state index in [1.807, 2.05) is 13.8 Å². The Hall–Kier alpha value is -1.15. The third kappa shape index (κ3) is 2.90. The average molecular weight is 271 g/mol. The zero-order chi connectivity index (χ0) is 11.6. The van der Waals surface area contributed by atoms with Crippen molar-refractivity contribution in [1.29, 1.82) is 5.26 Å². The zero-order valence-corrected chi connectivity index (χ0v) is 10.2. The van der Waals surface area contributed by atoms with Crippen LogP contribution in [-0.2, 0) is 9.59 Å². The molecule has 1 rings (SSSR count). The van der Waals surface area contributed by atoms with Crippen LogP contribution in [0.1, 0.15) is 20.3 Å². The molecule has 0 radical (unpaired) electrons. The van der Waals surface area contributed by atoms with Crippen molar-refractivity contribution in [3.63, 3.8) is 0 Å². The molecule has 0 aromatic heterocycles. The maximum absolute atomic E-state index is 11.6. The Morgan fingerprint density at radius 1 is 1.53 bits per heavy atom. The van der Waals surface area contributed by atoms with Crippen molar-refractivity contribution in [2.45, 2.75) is 24.6 Å². The normalized spacial score (nSPS) is 16.7. The van der Waals surface area contributed by atoms with Crippen LogP contribution in [0.4, 0.5) is 0 Å². The molecule has 80 valence electrons. The fourth-order valence-corrected chi connectivity index (χ4v) is 1.66. The van der Waals surface area contributed by atoms with Gasteiger partial charge in [0.25, 0.3) is 11.8 Å². The second kappa shape index (κ2) is 4.15. The molecule has 0 N–H and O–H groups in total. The van der Waals surface area contributed by atoms with Gasteiger partial charge in [-0.3, -0.25) is 14.5 Å². The summed E-state index contributed by atoms with van der Waals surface area (Å²) in [7, 11) is 0. The number of amides is 2. The van der Waals surface area contributed by atoms with E-state index in [1.165, 1.54) is 6.08 Å². The van der Waals surface area contributed by atoms with Crippen molar-refractivity contribution in [1.82, 2.24) is 4.90 Å². The fourth-order valence-electron chi connectivity index (χ4n) is 1.36. The summed E-state index contributed by atoms with van der Waals surface area (Å²) in [5, 5.41) is 8.45. The van der Waals surface area contributed by atoms with Gasteiger partial charge in [-0.1, -0.05) is 15.9 Å². The maximum Gasteiger partial charge on any atom is 0.257 e. The van der Waals surface area contributed by atoms with Crippen molar-refractivity contribution in [3.05, 3.63) is 11.6 Å². The van der Waals surface area contributed by atoms with E-state index in [4.69, 9.17) is 5.26 Å². The number of nitrogens with zero attached hydrogens (tertiary/aromatic N) is 2. The molecule has 5 heteroatoms. The van der Waals surface area contributed by atoms with Gasteiger partial charge in [0.15, 0.2) is 0 Å². The SMILES string of the molecule is CC(C)(Br)CC1=CC(=O)N(CC#N)C1=O. The number of carbonyl (C=O) groups is 2. The van der Waals surface area contributed by atoms with Crippen molar-refractivity contribution >= 4 is 27.7 Å². The lowest BCUT2D eigenvalue weighted by Crippen LogP contribution is -2.32. The molecular weight excluding hydrogens is 260 g/mol. The van der Waals surface area contributed by atoms with Crippen molar-refractivity contribution in [2.24, 2.45) is 0 Å². The number of rotatable bonds is 3. The van der Waals surface area contributed by atoms with Crippen LogP contribution in [0.25, 0.3) is 0 Å². The second-order valence-electron chi connectivity index (χ2n) is 3.95. The quantitative estimate of drug-likeness (QED) is 0.442. The summed E-state index contributed by atoms with van der Waals surface area (Å²) in [6.07, 6.45) is 1.78. The van der Waals surface area contributed by atoms with E-state index in [2.05, 4.69) is 15.9 Å². The average Bonchev–Trinajstić information content (AvgIpc) is 2.30. The summed E-state index contributed by atoms with van der Waals surface area (Å²) >= 11 is 3.41. The van der Waals surface area contributed by atoms with E-state index in [0.29, 0.717) is 12.0 Å². The molecule has 0 saturated carbocycles. The Morgan fingerprint density at radius 2 is 2.13 bits per heavy atom. The van der Waals surface area contributed by atoms with E-state index < -0.39 is 5.91 Å². The number of hydrogen-bond acceptors (Lipinski definition) is 3. The number of hydrogen-bond donors (Lipinski definition) is 0. The van der Waals surface area contributed by atoms with Gasteiger partial charge in [0.05, 0.1) is 6.07 Å². The summed E-state index contributed by atoms with van der Waals surface area (Å²) in [6.45, 7) is 3.65. The Bertz CT molecular complexity index is 374. The van der Waals surface area contributed by atoms with Crippen molar-refractivity contribution < 1.29 is 9.59 Å². The van der Waals surface area contributed by atoms with Gasteiger partial charge < -0.3 is 0 Å². The van der Waals surface area contributed by atoms with Crippen molar-refractivity contribution in [3.8, 4) is 6.07 Å². The predicted octanol–water partition coefficient (Wildman–Crippen LogP) is 1.37. The number of carbonyl (C=O) groups excluding carboxylic acids is 2. The standard InChI is InChI=1S/C10H11BrN2O2/c1-10(2,11)6-7-5-8(14)13(4-3-12)9(7)15/h5H,4,6H2,1-2H3. The topological polar surface area (TPSA) is 61.2 Å². The molecule has 1 aliphatic heterocycles. The van der Waals surface area contributed by atoms with Gasteiger partial charge in [-0.05, 0) is 20.3 Å². The van der Waals surface area contributed by atoms with Crippen LogP contribution in [0.3, 0.4) is 0 Å². The summed E-state index contributed by atoms with van der Waals surface area (Å²) in [5.74, 6) is -0.748. The first kappa shape index (κ1) is 11.9. The molecule has 2 amide bonds. The minimum Gasteiger partial charge on any atom is -0.269 e. The Labute approximate surface area is 96.7 Å².